The number of carbonyl (C=O) groups is 2. The Morgan fingerprint density at radius 1 is 1.14 bits per heavy atom. The van der Waals surface area contributed by atoms with Crippen LogP contribution >= 0.6 is 0 Å². The Morgan fingerprint density at radius 2 is 2.05 bits per heavy atom. The summed E-state index contributed by atoms with van der Waals surface area (Å²) in [6, 6.07) is 10.5. The van der Waals surface area contributed by atoms with E-state index in [9.17, 15) is 9.59 Å². The first kappa shape index (κ1) is 12.2. The molecule has 0 N–H and O–H groups in total. The van der Waals surface area contributed by atoms with Gasteiger partial charge in [-0.2, -0.15) is 0 Å². The molecule has 1 aromatic heterocycles. The third-order valence-electron chi connectivity index (χ3n) is 4.11. The van der Waals surface area contributed by atoms with Gasteiger partial charge >= 0.3 is 6.03 Å². The van der Waals surface area contributed by atoms with Crippen LogP contribution in [0.2, 0.25) is 0 Å². The van der Waals surface area contributed by atoms with E-state index < -0.39 is 0 Å². The fourth-order valence-electron chi connectivity index (χ4n) is 3.10. The summed E-state index contributed by atoms with van der Waals surface area (Å²) >= 11 is 0. The number of carbonyl (C=O) groups excluding carboxylic acids is 2. The first-order valence-corrected chi connectivity index (χ1v) is 7.04. The molecule has 0 radical (unpaired) electrons. The number of imide groups is 1. The van der Waals surface area contributed by atoms with Crippen molar-refractivity contribution in [3.63, 3.8) is 0 Å². The number of rotatable bonds is 2. The van der Waals surface area contributed by atoms with Crippen molar-refractivity contribution < 1.29 is 14.0 Å². The molecule has 5 heteroatoms. The van der Waals surface area contributed by atoms with Gasteiger partial charge in [0, 0.05) is 12.1 Å². The van der Waals surface area contributed by atoms with Crippen LogP contribution in [-0.2, 0) is 4.79 Å². The number of hydrogen-bond acceptors (Lipinski definition) is 3. The third-order valence-corrected chi connectivity index (χ3v) is 4.11. The second-order valence-corrected chi connectivity index (χ2v) is 5.34. The summed E-state index contributed by atoms with van der Waals surface area (Å²) in [5.74, 6) is 0.602. The van der Waals surface area contributed by atoms with Gasteiger partial charge in [0.15, 0.2) is 0 Å². The molecule has 0 spiro atoms. The first-order valence-electron chi connectivity index (χ1n) is 7.04. The highest BCUT2D eigenvalue weighted by Gasteiger charge is 2.47. The summed E-state index contributed by atoms with van der Waals surface area (Å²) in [6.45, 7) is 0.670. The summed E-state index contributed by atoms with van der Waals surface area (Å²) in [7, 11) is 0. The average molecular weight is 282 g/mol. The lowest BCUT2D eigenvalue weighted by Gasteiger charge is -2.16. The predicted octanol–water partition coefficient (Wildman–Crippen LogP) is 2.88. The molecular formula is C16H14N2O3. The van der Waals surface area contributed by atoms with Crippen LogP contribution in [0, 0.1) is 0 Å². The maximum absolute atomic E-state index is 12.4. The molecule has 0 bridgehead atoms. The van der Waals surface area contributed by atoms with Crippen LogP contribution in [0.5, 0.6) is 0 Å². The van der Waals surface area contributed by atoms with Crippen LogP contribution in [0.3, 0.4) is 0 Å². The Balaban J connectivity index is 1.72. The van der Waals surface area contributed by atoms with Crippen LogP contribution in [-0.4, -0.2) is 29.4 Å². The van der Waals surface area contributed by atoms with E-state index in [-0.39, 0.29) is 18.0 Å². The maximum atomic E-state index is 12.4. The molecule has 2 saturated heterocycles. The zero-order valence-corrected chi connectivity index (χ0v) is 11.4. The fourth-order valence-corrected chi connectivity index (χ4v) is 3.10. The zero-order valence-electron chi connectivity index (χ0n) is 11.4. The molecule has 5 nitrogen and oxygen atoms in total. The SMILES string of the molecule is O=C1C2CCCN2C(=O)N1c1cccc(-c2ccco2)c1. The lowest BCUT2D eigenvalue weighted by atomic mass is 10.1. The number of amides is 3. The number of furan rings is 1. The first-order chi connectivity index (χ1) is 10.3. The average Bonchev–Trinajstić information content (AvgIpc) is 3.21. The number of nitrogens with zero attached hydrogens (tertiary/aromatic N) is 2. The standard InChI is InChI=1S/C16H14N2O3/c19-15-13-6-2-8-17(13)16(20)18(15)12-5-1-4-11(10-12)14-7-3-9-21-14/h1,3-5,7,9-10,13H,2,6,8H2. The molecule has 2 fully saturated rings. The molecule has 2 aliphatic heterocycles. The van der Waals surface area contributed by atoms with E-state index in [0.717, 1.165) is 24.2 Å². The Hall–Kier alpha value is -2.56. The Labute approximate surface area is 121 Å². The van der Waals surface area contributed by atoms with Gasteiger partial charge in [-0.15, -0.1) is 0 Å². The smallest absolute Gasteiger partial charge is 0.332 e. The van der Waals surface area contributed by atoms with Crippen molar-refractivity contribution in [2.75, 3.05) is 11.4 Å². The largest absolute Gasteiger partial charge is 0.464 e. The summed E-state index contributed by atoms with van der Waals surface area (Å²) in [5, 5.41) is 0. The van der Waals surface area contributed by atoms with Crippen LogP contribution in [0.1, 0.15) is 12.8 Å². The van der Waals surface area contributed by atoms with Crippen molar-refractivity contribution in [3.8, 4) is 11.3 Å². The minimum Gasteiger partial charge on any atom is -0.464 e. The number of anilines is 1. The van der Waals surface area contributed by atoms with Crippen molar-refractivity contribution >= 4 is 17.6 Å². The lowest BCUT2D eigenvalue weighted by Crippen LogP contribution is -2.33. The van der Waals surface area contributed by atoms with Gasteiger partial charge in [0.25, 0.3) is 5.91 Å². The maximum Gasteiger partial charge on any atom is 0.332 e. The topological polar surface area (TPSA) is 53.8 Å². The van der Waals surface area contributed by atoms with Gasteiger partial charge in [-0.25, -0.2) is 9.69 Å². The highest BCUT2D eigenvalue weighted by atomic mass is 16.3. The van der Waals surface area contributed by atoms with Gasteiger partial charge in [0.1, 0.15) is 11.8 Å². The molecular weight excluding hydrogens is 268 g/mol. The molecule has 1 aromatic carbocycles. The Kier molecular flexibility index (Phi) is 2.60. The molecule has 2 aliphatic rings. The van der Waals surface area contributed by atoms with Gasteiger partial charge in [-0.1, -0.05) is 12.1 Å². The number of benzene rings is 1. The molecule has 106 valence electrons. The highest BCUT2D eigenvalue weighted by molar-refractivity contribution is 6.21. The molecule has 1 atom stereocenters. The van der Waals surface area contributed by atoms with Crippen LogP contribution in [0.25, 0.3) is 11.3 Å². The van der Waals surface area contributed by atoms with Crippen molar-refractivity contribution in [1.82, 2.24) is 4.90 Å². The summed E-state index contributed by atoms with van der Waals surface area (Å²) in [6.07, 6.45) is 3.27. The normalized spacial score (nSPS) is 21.2. The third kappa shape index (κ3) is 1.77. The summed E-state index contributed by atoms with van der Waals surface area (Å²) in [4.78, 5) is 27.8. The molecule has 3 heterocycles. The van der Waals surface area contributed by atoms with Gasteiger partial charge in [-0.05, 0) is 37.1 Å². The van der Waals surface area contributed by atoms with Crippen LogP contribution in [0.15, 0.2) is 47.1 Å². The minimum absolute atomic E-state index is 0.117. The molecule has 0 aliphatic carbocycles. The molecule has 4 rings (SSSR count). The van der Waals surface area contributed by atoms with E-state index in [2.05, 4.69) is 0 Å². The highest BCUT2D eigenvalue weighted by Crippen LogP contribution is 2.33. The lowest BCUT2D eigenvalue weighted by molar-refractivity contribution is -0.119. The quantitative estimate of drug-likeness (QED) is 0.796. The van der Waals surface area contributed by atoms with E-state index in [4.69, 9.17) is 4.42 Å². The molecule has 21 heavy (non-hydrogen) atoms. The van der Waals surface area contributed by atoms with E-state index >= 15 is 0 Å². The van der Waals surface area contributed by atoms with Crippen molar-refractivity contribution in [3.05, 3.63) is 42.7 Å². The Bertz CT molecular complexity index is 686. The van der Waals surface area contributed by atoms with E-state index in [1.54, 1.807) is 17.2 Å². The molecule has 3 amide bonds. The van der Waals surface area contributed by atoms with Gasteiger partial charge in [0.05, 0.1) is 12.0 Å². The zero-order chi connectivity index (χ0) is 14.4. The molecule has 0 saturated carbocycles. The number of fused-ring (bicyclic) bond motifs is 1. The second-order valence-electron chi connectivity index (χ2n) is 5.34. The van der Waals surface area contributed by atoms with Crippen molar-refractivity contribution in [1.29, 1.82) is 0 Å². The van der Waals surface area contributed by atoms with Crippen molar-refractivity contribution in [2.24, 2.45) is 0 Å². The number of urea groups is 1. The van der Waals surface area contributed by atoms with Crippen LogP contribution in [0.4, 0.5) is 10.5 Å². The second kappa shape index (κ2) is 4.48. The minimum atomic E-state index is -0.273. The van der Waals surface area contributed by atoms with E-state index in [0.29, 0.717) is 12.2 Å². The fraction of sp³-hybridized carbons (Fsp3) is 0.250. The Morgan fingerprint density at radius 3 is 2.81 bits per heavy atom. The molecule has 2 aromatic rings. The number of hydrogen-bond donors (Lipinski definition) is 0. The summed E-state index contributed by atoms with van der Waals surface area (Å²) in [5.41, 5.74) is 1.46. The van der Waals surface area contributed by atoms with Gasteiger partial charge < -0.3 is 9.32 Å². The van der Waals surface area contributed by atoms with Gasteiger partial charge in [-0.3, -0.25) is 4.79 Å². The van der Waals surface area contributed by atoms with Crippen LogP contribution < -0.4 is 4.90 Å². The monoisotopic (exact) mass is 282 g/mol. The summed E-state index contributed by atoms with van der Waals surface area (Å²) < 4.78 is 5.37. The van der Waals surface area contributed by atoms with E-state index in [1.165, 1.54) is 4.90 Å². The van der Waals surface area contributed by atoms with E-state index in [1.807, 2.05) is 30.3 Å². The van der Waals surface area contributed by atoms with Crippen molar-refractivity contribution in [2.45, 2.75) is 18.9 Å². The predicted molar refractivity (Wildman–Crippen MR) is 76.8 cm³/mol. The van der Waals surface area contributed by atoms with Gasteiger partial charge in [0.2, 0.25) is 0 Å². The molecule has 1 unspecified atom stereocenters.